The maximum absolute atomic E-state index is 8.98. The molecular formula is C15H17N3OS. The van der Waals surface area contributed by atoms with E-state index in [1.807, 2.05) is 16.8 Å². The highest BCUT2D eigenvalue weighted by Crippen LogP contribution is 2.30. The van der Waals surface area contributed by atoms with Gasteiger partial charge in [0, 0.05) is 23.4 Å². The zero-order valence-electron chi connectivity index (χ0n) is 12.0. The van der Waals surface area contributed by atoms with Gasteiger partial charge in [-0.15, -0.1) is 0 Å². The molecule has 4 nitrogen and oxygen atoms in total. The van der Waals surface area contributed by atoms with E-state index < -0.39 is 0 Å². The van der Waals surface area contributed by atoms with Gasteiger partial charge in [0.15, 0.2) is 4.77 Å². The molecule has 1 N–H and O–H groups in total. The molecule has 0 amide bonds. The third-order valence-corrected chi connectivity index (χ3v) is 3.39. The van der Waals surface area contributed by atoms with Crippen molar-refractivity contribution in [2.75, 3.05) is 7.11 Å². The molecule has 0 fully saturated rings. The minimum Gasteiger partial charge on any atom is -0.495 e. The molecule has 1 aromatic carbocycles. The van der Waals surface area contributed by atoms with Crippen LogP contribution < -0.4 is 4.74 Å². The van der Waals surface area contributed by atoms with Gasteiger partial charge in [-0.2, -0.15) is 5.26 Å². The second-order valence-electron chi connectivity index (χ2n) is 5.56. The molecule has 1 heterocycles. The lowest BCUT2D eigenvalue weighted by Crippen LogP contribution is -2.17. The maximum atomic E-state index is 8.98. The summed E-state index contributed by atoms with van der Waals surface area (Å²) >= 11 is 5.38. The predicted octanol–water partition coefficient (Wildman–Crippen LogP) is 3.71. The van der Waals surface area contributed by atoms with Crippen LogP contribution in [0.5, 0.6) is 5.75 Å². The molecule has 20 heavy (non-hydrogen) atoms. The van der Waals surface area contributed by atoms with Crippen molar-refractivity contribution in [3.63, 3.8) is 0 Å². The van der Waals surface area contributed by atoms with Crippen molar-refractivity contribution in [2.24, 2.45) is 0 Å². The van der Waals surface area contributed by atoms with Gasteiger partial charge < -0.3 is 9.72 Å². The molecule has 2 rings (SSSR count). The summed E-state index contributed by atoms with van der Waals surface area (Å²) in [6, 6.07) is 7.45. The lowest BCUT2D eigenvalue weighted by atomic mass is 9.92. The fraction of sp³-hybridized carbons (Fsp3) is 0.333. The van der Waals surface area contributed by atoms with Crippen LogP contribution in [-0.4, -0.2) is 16.7 Å². The van der Waals surface area contributed by atoms with E-state index in [0.29, 0.717) is 16.1 Å². The zero-order chi connectivity index (χ0) is 14.9. The summed E-state index contributed by atoms with van der Waals surface area (Å²) in [4.78, 5) is 3.08. The van der Waals surface area contributed by atoms with Gasteiger partial charge in [0.05, 0.1) is 24.4 Å². The summed E-state index contributed by atoms with van der Waals surface area (Å²) in [5, 5.41) is 8.98. The monoisotopic (exact) mass is 287 g/mol. The van der Waals surface area contributed by atoms with Gasteiger partial charge in [0.2, 0.25) is 0 Å². The number of rotatable bonds is 2. The Bertz CT molecular complexity index is 729. The molecule has 0 atom stereocenters. The fourth-order valence-corrected chi connectivity index (χ4v) is 2.35. The smallest absolute Gasteiger partial charge is 0.182 e. The van der Waals surface area contributed by atoms with E-state index in [1.54, 1.807) is 19.2 Å². The van der Waals surface area contributed by atoms with Crippen molar-refractivity contribution in [1.29, 1.82) is 5.26 Å². The highest BCUT2D eigenvalue weighted by Gasteiger charge is 2.21. The van der Waals surface area contributed by atoms with Crippen LogP contribution in [0.3, 0.4) is 0 Å². The van der Waals surface area contributed by atoms with Gasteiger partial charge in [0.1, 0.15) is 5.75 Å². The molecular weight excluding hydrogens is 270 g/mol. The number of aromatic amines is 1. The standard InChI is InChI=1S/C15H17N3OS/c1-15(2,3)13-9-17-14(20)18(13)11-6-5-10(8-16)7-12(11)19-4/h5-7,9H,1-4H3,(H,17,20). The van der Waals surface area contributed by atoms with Crippen LogP contribution in [0.1, 0.15) is 32.0 Å². The summed E-state index contributed by atoms with van der Waals surface area (Å²) in [7, 11) is 1.59. The summed E-state index contributed by atoms with van der Waals surface area (Å²) < 4.78 is 7.97. The van der Waals surface area contributed by atoms with Gasteiger partial charge >= 0.3 is 0 Å². The second kappa shape index (κ2) is 5.14. The van der Waals surface area contributed by atoms with Gasteiger partial charge in [0.25, 0.3) is 0 Å². The van der Waals surface area contributed by atoms with Crippen molar-refractivity contribution in [3.8, 4) is 17.5 Å². The summed E-state index contributed by atoms with van der Waals surface area (Å²) in [6.07, 6.45) is 1.92. The van der Waals surface area contributed by atoms with Crippen LogP contribution in [0, 0.1) is 16.1 Å². The Morgan fingerprint density at radius 1 is 1.35 bits per heavy atom. The Labute approximate surface area is 123 Å². The quantitative estimate of drug-likeness (QED) is 0.857. The predicted molar refractivity (Wildman–Crippen MR) is 80.9 cm³/mol. The number of nitrogens with zero attached hydrogens (tertiary/aromatic N) is 2. The van der Waals surface area contributed by atoms with Crippen LogP contribution in [0.15, 0.2) is 24.4 Å². The highest BCUT2D eigenvalue weighted by molar-refractivity contribution is 7.71. The van der Waals surface area contributed by atoms with Gasteiger partial charge in [-0.1, -0.05) is 20.8 Å². The van der Waals surface area contributed by atoms with Crippen molar-refractivity contribution in [3.05, 3.63) is 40.4 Å². The molecule has 0 aliphatic heterocycles. The molecule has 0 unspecified atom stereocenters. The topological polar surface area (TPSA) is 53.7 Å². The molecule has 2 aromatic rings. The number of benzene rings is 1. The van der Waals surface area contributed by atoms with Crippen LogP contribution >= 0.6 is 12.2 Å². The first-order chi connectivity index (χ1) is 9.38. The Kier molecular flexibility index (Phi) is 3.69. The van der Waals surface area contributed by atoms with E-state index in [2.05, 4.69) is 31.8 Å². The van der Waals surface area contributed by atoms with Crippen molar-refractivity contribution >= 4 is 12.2 Å². The minimum atomic E-state index is -0.0630. The zero-order valence-corrected chi connectivity index (χ0v) is 12.8. The second-order valence-corrected chi connectivity index (χ2v) is 5.95. The molecule has 104 valence electrons. The van der Waals surface area contributed by atoms with Crippen molar-refractivity contribution < 1.29 is 4.74 Å². The Morgan fingerprint density at radius 2 is 2.05 bits per heavy atom. The van der Waals surface area contributed by atoms with Gasteiger partial charge in [-0.3, -0.25) is 4.57 Å². The van der Waals surface area contributed by atoms with E-state index in [4.69, 9.17) is 22.2 Å². The summed E-state index contributed by atoms with van der Waals surface area (Å²) in [5.41, 5.74) is 2.39. The Balaban J connectivity index is 2.73. The third-order valence-electron chi connectivity index (χ3n) is 3.09. The van der Waals surface area contributed by atoms with E-state index >= 15 is 0 Å². The average molecular weight is 287 g/mol. The summed E-state index contributed by atoms with van der Waals surface area (Å²) in [5.74, 6) is 0.630. The van der Waals surface area contributed by atoms with Crippen LogP contribution in [-0.2, 0) is 5.41 Å². The Morgan fingerprint density at radius 3 is 2.60 bits per heavy atom. The number of imidazole rings is 1. The van der Waals surface area contributed by atoms with E-state index in [0.717, 1.165) is 11.4 Å². The van der Waals surface area contributed by atoms with Crippen molar-refractivity contribution in [2.45, 2.75) is 26.2 Å². The fourth-order valence-electron chi connectivity index (χ4n) is 2.09. The van der Waals surface area contributed by atoms with E-state index in [-0.39, 0.29) is 5.41 Å². The maximum Gasteiger partial charge on any atom is 0.182 e. The normalized spacial score (nSPS) is 11.2. The summed E-state index contributed by atoms with van der Waals surface area (Å²) in [6.45, 7) is 6.37. The molecule has 1 aromatic heterocycles. The molecule has 0 spiro atoms. The molecule has 0 bridgehead atoms. The first-order valence-corrected chi connectivity index (χ1v) is 6.68. The number of nitriles is 1. The first-order valence-electron chi connectivity index (χ1n) is 6.28. The largest absolute Gasteiger partial charge is 0.495 e. The lowest BCUT2D eigenvalue weighted by Gasteiger charge is -2.21. The number of nitrogens with one attached hydrogen (secondary N) is 1. The molecule has 0 aliphatic carbocycles. The molecule has 0 saturated carbocycles. The third kappa shape index (κ3) is 2.47. The molecule has 5 heteroatoms. The molecule has 0 aliphatic rings. The number of H-pyrrole nitrogens is 1. The Hall–Kier alpha value is -2.06. The molecule has 0 saturated heterocycles. The van der Waals surface area contributed by atoms with Crippen LogP contribution in [0.4, 0.5) is 0 Å². The van der Waals surface area contributed by atoms with Crippen LogP contribution in [0.25, 0.3) is 5.69 Å². The SMILES string of the molecule is COc1cc(C#N)ccc1-n1c(C(C)(C)C)c[nH]c1=S. The lowest BCUT2D eigenvalue weighted by molar-refractivity contribution is 0.411. The minimum absolute atomic E-state index is 0.0630. The van der Waals surface area contributed by atoms with Crippen LogP contribution in [0.2, 0.25) is 0 Å². The number of hydrogen-bond acceptors (Lipinski definition) is 3. The number of ether oxygens (including phenoxy) is 1. The van der Waals surface area contributed by atoms with Gasteiger partial charge in [-0.25, -0.2) is 0 Å². The first kappa shape index (κ1) is 14.4. The van der Waals surface area contributed by atoms with Crippen molar-refractivity contribution in [1.82, 2.24) is 9.55 Å². The molecule has 0 radical (unpaired) electrons. The highest BCUT2D eigenvalue weighted by atomic mass is 32.1. The number of aromatic nitrogens is 2. The number of methoxy groups -OCH3 is 1. The van der Waals surface area contributed by atoms with E-state index in [1.165, 1.54) is 0 Å². The number of hydrogen-bond donors (Lipinski definition) is 1. The van der Waals surface area contributed by atoms with E-state index in [9.17, 15) is 0 Å². The van der Waals surface area contributed by atoms with Gasteiger partial charge in [-0.05, 0) is 24.4 Å². The average Bonchev–Trinajstić information content (AvgIpc) is 2.79.